The highest BCUT2D eigenvalue weighted by Gasteiger charge is 2.43. The summed E-state index contributed by atoms with van der Waals surface area (Å²) in [5, 5.41) is 3.69. The molecule has 2 atom stereocenters. The molecule has 4 heteroatoms. The van der Waals surface area contributed by atoms with Gasteiger partial charge in [-0.1, -0.05) is 41.9 Å². The summed E-state index contributed by atoms with van der Waals surface area (Å²) in [5.41, 5.74) is 0.928. The molecule has 2 aromatic rings. The minimum absolute atomic E-state index is 0.00553. The summed E-state index contributed by atoms with van der Waals surface area (Å²) in [6.45, 7) is 3.76. The van der Waals surface area contributed by atoms with Crippen LogP contribution < -0.4 is 5.32 Å². The van der Waals surface area contributed by atoms with Crippen LogP contribution in [0.15, 0.2) is 48.5 Å². The van der Waals surface area contributed by atoms with Crippen LogP contribution in [0.3, 0.4) is 0 Å². The third kappa shape index (κ3) is 3.25. The van der Waals surface area contributed by atoms with Gasteiger partial charge in [0.2, 0.25) is 5.91 Å². The molecule has 1 fully saturated rings. The van der Waals surface area contributed by atoms with Crippen LogP contribution in [0.5, 0.6) is 0 Å². The Morgan fingerprint density at radius 2 is 1.83 bits per heavy atom. The van der Waals surface area contributed by atoms with Crippen molar-refractivity contribution in [2.24, 2.45) is 0 Å². The Kier molecular flexibility index (Phi) is 4.15. The minimum Gasteiger partial charge on any atom is -0.352 e. The molecule has 2 nitrogen and oxygen atoms in total. The molecule has 2 aromatic carbocycles. The predicted molar refractivity (Wildman–Crippen MR) is 90.2 cm³/mol. The van der Waals surface area contributed by atoms with Gasteiger partial charge in [-0.05, 0) is 49.6 Å². The molecule has 0 radical (unpaired) electrons. The maximum absolute atomic E-state index is 13.8. The van der Waals surface area contributed by atoms with Gasteiger partial charge in [0, 0.05) is 17.0 Å². The Morgan fingerprint density at radius 3 is 2.48 bits per heavy atom. The first-order valence-corrected chi connectivity index (χ1v) is 8.09. The molecule has 1 amide bonds. The van der Waals surface area contributed by atoms with Crippen molar-refractivity contribution in [1.82, 2.24) is 5.32 Å². The summed E-state index contributed by atoms with van der Waals surface area (Å²) in [4.78, 5) is 12.6. The van der Waals surface area contributed by atoms with Gasteiger partial charge >= 0.3 is 0 Å². The van der Waals surface area contributed by atoms with Gasteiger partial charge in [-0.2, -0.15) is 0 Å². The summed E-state index contributed by atoms with van der Waals surface area (Å²) in [6, 6.07) is 14.1. The Balaban J connectivity index is 1.68. The number of halogens is 2. The first kappa shape index (κ1) is 16.0. The molecule has 1 aliphatic rings. The molecular formula is C19H19ClFNO. The summed E-state index contributed by atoms with van der Waals surface area (Å²) >= 11 is 5.90. The van der Waals surface area contributed by atoms with E-state index in [1.807, 2.05) is 32.0 Å². The van der Waals surface area contributed by atoms with Crippen molar-refractivity contribution < 1.29 is 9.18 Å². The molecule has 0 heterocycles. The van der Waals surface area contributed by atoms with Gasteiger partial charge in [0.05, 0.1) is 5.41 Å². The van der Waals surface area contributed by atoms with E-state index in [1.54, 1.807) is 24.3 Å². The second-order valence-corrected chi connectivity index (χ2v) is 7.01. The zero-order valence-corrected chi connectivity index (χ0v) is 13.9. The fourth-order valence-corrected chi connectivity index (χ4v) is 2.95. The van der Waals surface area contributed by atoms with E-state index in [4.69, 9.17) is 11.6 Å². The molecule has 0 bridgehead atoms. The van der Waals surface area contributed by atoms with E-state index in [2.05, 4.69) is 5.32 Å². The van der Waals surface area contributed by atoms with Gasteiger partial charge in [0.1, 0.15) is 5.82 Å². The fourth-order valence-electron chi connectivity index (χ4n) is 2.82. The van der Waals surface area contributed by atoms with Gasteiger partial charge in [0.15, 0.2) is 0 Å². The van der Waals surface area contributed by atoms with Crippen molar-refractivity contribution in [3.63, 3.8) is 0 Å². The third-order valence-corrected chi connectivity index (χ3v) is 4.80. The highest BCUT2D eigenvalue weighted by Crippen LogP contribution is 2.42. The lowest BCUT2D eigenvalue weighted by Crippen LogP contribution is -2.41. The Labute approximate surface area is 140 Å². The van der Waals surface area contributed by atoms with Crippen LogP contribution in [0, 0.1) is 5.82 Å². The monoisotopic (exact) mass is 331 g/mol. The van der Waals surface area contributed by atoms with Crippen molar-refractivity contribution in [2.75, 3.05) is 0 Å². The summed E-state index contributed by atoms with van der Waals surface area (Å²) in [7, 11) is 0. The van der Waals surface area contributed by atoms with Gasteiger partial charge in [-0.15, -0.1) is 0 Å². The number of hydrogen-bond acceptors (Lipinski definition) is 1. The molecule has 0 spiro atoms. The molecule has 0 aliphatic heterocycles. The number of benzene rings is 2. The Bertz CT molecular complexity index is 726. The minimum atomic E-state index is -0.660. The van der Waals surface area contributed by atoms with E-state index < -0.39 is 5.41 Å². The number of carbonyl (C=O) groups excluding carboxylic acids is 1. The van der Waals surface area contributed by atoms with E-state index in [-0.39, 0.29) is 23.7 Å². The molecule has 3 rings (SSSR count). The average molecular weight is 332 g/mol. The normalized spacial score (nSPS) is 20.2. The molecule has 1 saturated carbocycles. The van der Waals surface area contributed by atoms with E-state index >= 15 is 0 Å². The first-order chi connectivity index (χ1) is 10.9. The largest absolute Gasteiger partial charge is 0.352 e. The van der Waals surface area contributed by atoms with Crippen molar-refractivity contribution in [3.05, 3.63) is 70.5 Å². The average Bonchev–Trinajstić information content (AvgIpc) is 3.27. The zero-order chi connectivity index (χ0) is 16.6. The predicted octanol–water partition coefficient (Wildman–Crippen LogP) is 4.43. The van der Waals surface area contributed by atoms with Crippen molar-refractivity contribution in [2.45, 2.75) is 37.6 Å². The fraction of sp³-hybridized carbons (Fsp3) is 0.316. The lowest BCUT2D eigenvalue weighted by molar-refractivity contribution is -0.125. The molecule has 23 heavy (non-hydrogen) atoms. The molecular weight excluding hydrogens is 313 g/mol. The SMILES string of the molecule is CC(C)(C(=O)N[C@@H]1C[C@H]1c1ccccc1F)c1ccc(Cl)cc1. The van der Waals surface area contributed by atoms with Crippen LogP contribution in [0.2, 0.25) is 5.02 Å². The van der Waals surface area contributed by atoms with Crippen LogP contribution in [-0.4, -0.2) is 11.9 Å². The number of carbonyl (C=O) groups is 1. The quantitative estimate of drug-likeness (QED) is 0.882. The zero-order valence-electron chi connectivity index (χ0n) is 13.1. The van der Waals surface area contributed by atoms with Crippen molar-refractivity contribution in [1.29, 1.82) is 0 Å². The third-order valence-electron chi connectivity index (χ3n) is 4.55. The van der Waals surface area contributed by atoms with Crippen LogP contribution in [0.25, 0.3) is 0 Å². The highest BCUT2D eigenvalue weighted by atomic mass is 35.5. The lowest BCUT2D eigenvalue weighted by atomic mass is 9.83. The topological polar surface area (TPSA) is 29.1 Å². The van der Waals surface area contributed by atoms with Crippen molar-refractivity contribution >= 4 is 17.5 Å². The van der Waals surface area contributed by atoms with Gasteiger partial charge in [-0.3, -0.25) is 4.79 Å². The van der Waals surface area contributed by atoms with E-state index in [0.717, 1.165) is 12.0 Å². The van der Waals surface area contributed by atoms with Crippen LogP contribution in [0.1, 0.15) is 37.3 Å². The van der Waals surface area contributed by atoms with Gasteiger partial charge in [-0.25, -0.2) is 4.39 Å². The maximum Gasteiger partial charge on any atom is 0.230 e. The van der Waals surface area contributed by atoms with E-state index in [9.17, 15) is 9.18 Å². The number of nitrogens with one attached hydrogen (secondary N) is 1. The molecule has 1 aliphatic carbocycles. The molecule has 120 valence electrons. The standard InChI is InChI=1S/C19H19ClFNO/c1-19(2,12-7-9-13(20)10-8-12)18(23)22-17-11-15(17)14-5-3-4-6-16(14)21/h3-10,15,17H,11H2,1-2H3,(H,22,23)/t15-,17+/m0/s1. The lowest BCUT2D eigenvalue weighted by Gasteiger charge is -2.24. The van der Waals surface area contributed by atoms with E-state index in [1.165, 1.54) is 6.07 Å². The van der Waals surface area contributed by atoms with Crippen LogP contribution in [0.4, 0.5) is 4.39 Å². The van der Waals surface area contributed by atoms with Gasteiger partial charge in [0.25, 0.3) is 0 Å². The molecule has 1 N–H and O–H groups in total. The second-order valence-electron chi connectivity index (χ2n) is 6.58. The van der Waals surface area contributed by atoms with Gasteiger partial charge < -0.3 is 5.32 Å². The summed E-state index contributed by atoms with van der Waals surface area (Å²) in [6.07, 6.45) is 0.781. The maximum atomic E-state index is 13.8. The molecule has 0 unspecified atom stereocenters. The van der Waals surface area contributed by atoms with Crippen LogP contribution in [-0.2, 0) is 10.2 Å². The molecule has 0 saturated heterocycles. The highest BCUT2D eigenvalue weighted by molar-refractivity contribution is 6.30. The van der Waals surface area contributed by atoms with E-state index in [0.29, 0.717) is 10.6 Å². The Hall–Kier alpha value is -1.87. The second kappa shape index (κ2) is 5.97. The number of rotatable bonds is 4. The van der Waals surface area contributed by atoms with Crippen LogP contribution >= 0.6 is 11.6 Å². The first-order valence-electron chi connectivity index (χ1n) is 7.71. The molecule has 0 aromatic heterocycles. The number of amides is 1. The van der Waals surface area contributed by atoms with Crippen molar-refractivity contribution in [3.8, 4) is 0 Å². The summed E-state index contributed by atoms with van der Waals surface area (Å²) < 4.78 is 13.8. The Morgan fingerprint density at radius 1 is 1.17 bits per heavy atom. The smallest absolute Gasteiger partial charge is 0.230 e. The summed E-state index contributed by atoms with van der Waals surface area (Å²) in [5.74, 6) is -0.184. The number of hydrogen-bond donors (Lipinski definition) is 1.